The molecule has 1 aliphatic heterocycles. The van der Waals surface area contributed by atoms with Crippen LogP contribution >= 0.6 is 11.3 Å². The van der Waals surface area contributed by atoms with E-state index >= 15 is 0 Å². The number of rotatable bonds is 6. The molecule has 2 aromatic carbocycles. The van der Waals surface area contributed by atoms with E-state index in [1.54, 1.807) is 25.6 Å². The van der Waals surface area contributed by atoms with Crippen LogP contribution in [0.3, 0.4) is 0 Å². The summed E-state index contributed by atoms with van der Waals surface area (Å²) in [5, 5.41) is 8.68. The van der Waals surface area contributed by atoms with E-state index in [2.05, 4.69) is 10.2 Å². The third kappa shape index (κ3) is 4.49. The van der Waals surface area contributed by atoms with E-state index in [1.165, 1.54) is 0 Å². The topological polar surface area (TPSA) is 81.0 Å². The minimum Gasteiger partial charge on any atom is -0.497 e. The summed E-state index contributed by atoms with van der Waals surface area (Å²) in [5.74, 6) is 1.59. The smallest absolute Gasteiger partial charge is 0.227 e. The summed E-state index contributed by atoms with van der Waals surface area (Å²) in [4.78, 5) is 20.5. The third-order valence-electron chi connectivity index (χ3n) is 5.89. The fourth-order valence-electron chi connectivity index (χ4n) is 4.00. The molecule has 0 unspecified atom stereocenters. The molecule has 5 rings (SSSR count). The minimum absolute atomic E-state index is 0.0156. The van der Waals surface area contributed by atoms with Crippen molar-refractivity contribution >= 4 is 33.0 Å². The van der Waals surface area contributed by atoms with Gasteiger partial charge in [0.15, 0.2) is 0 Å². The van der Waals surface area contributed by atoms with Crippen molar-refractivity contribution < 1.29 is 14.3 Å². The monoisotopic (exact) mass is 463 g/mol. The molecular weight excluding hydrogens is 438 g/mol. The van der Waals surface area contributed by atoms with Gasteiger partial charge in [0.05, 0.1) is 26.1 Å². The van der Waals surface area contributed by atoms with Gasteiger partial charge < -0.3 is 19.7 Å². The predicted octanol–water partition coefficient (Wildman–Crippen LogP) is 4.33. The maximum atomic E-state index is 12.7. The highest BCUT2D eigenvalue weighted by Crippen LogP contribution is 2.30. The van der Waals surface area contributed by atoms with Crippen LogP contribution in [-0.4, -0.2) is 47.8 Å². The number of carbonyl (C=O) groups is 1. The maximum absolute atomic E-state index is 12.7. The van der Waals surface area contributed by atoms with Crippen LogP contribution in [0.15, 0.2) is 54.7 Å². The first kappa shape index (κ1) is 21.3. The van der Waals surface area contributed by atoms with E-state index in [-0.39, 0.29) is 11.8 Å². The van der Waals surface area contributed by atoms with Crippen LogP contribution in [0.1, 0.15) is 12.8 Å². The van der Waals surface area contributed by atoms with Gasteiger partial charge in [-0.25, -0.2) is 9.50 Å². The van der Waals surface area contributed by atoms with Gasteiger partial charge in [0.2, 0.25) is 16.0 Å². The average Bonchev–Trinajstić information content (AvgIpc) is 3.44. The Kier molecular flexibility index (Phi) is 5.87. The molecule has 0 aliphatic carbocycles. The van der Waals surface area contributed by atoms with Crippen molar-refractivity contribution in [2.45, 2.75) is 12.8 Å². The number of fused-ring (bicyclic) bond motifs is 1. The normalized spacial score (nSPS) is 14.4. The summed E-state index contributed by atoms with van der Waals surface area (Å²) < 4.78 is 12.3. The Morgan fingerprint density at radius 3 is 2.52 bits per heavy atom. The van der Waals surface area contributed by atoms with Crippen LogP contribution < -0.4 is 19.7 Å². The number of benzene rings is 2. The number of nitrogens with zero attached hydrogens (tertiary/aromatic N) is 4. The zero-order valence-electron chi connectivity index (χ0n) is 18.5. The Labute approximate surface area is 195 Å². The van der Waals surface area contributed by atoms with Crippen LogP contribution in [0.25, 0.3) is 16.2 Å². The van der Waals surface area contributed by atoms with Crippen LogP contribution in [0.4, 0.5) is 10.8 Å². The third-order valence-corrected chi connectivity index (χ3v) is 6.88. The molecule has 0 atom stereocenters. The number of carbonyl (C=O) groups excluding carboxylic acids is 1. The molecule has 3 heterocycles. The van der Waals surface area contributed by atoms with Crippen molar-refractivity contribution in [1.82, 2.24) is 14.6 Å². The number of methoxy groups -OCH3 is 2. The molecule has 1 fully saturated rings. The number of anilines is 2. The van der Waals surface area contributed by atoms with Gasteiger partial charge in [-0.1, -0.05) is 17.4 Å². The van der Waals surface area contributed by atoms with Gasteiger partial charge in [0.25, 0.3) is 0 Å². The Balaban J connectivity index is 1.21. The fraction of sp³-hybridized carbons (Fsp3) is 0.292. The summed E-state index contributed by atoms with van der Waals surface area (Å²) in [5.41, 5.74) is 2.67. The van der Waals surface area contributed by atoms with Crippen molar-refractivity contribution in [1.29, 1.82) is 0 Å². The van der Waals surface area contributed by atoms with Crippen molar-refractivity contribution in [3.63, 3.8) is 0 Å². The number of nitrogens with one attached hydrogen (secondary N) is 1. The molecule has 4 aromatic rings. The summed E-state index contributed by atoms with van der Waals surface area (Å²) in [6.07, 6.45) is 3.52. The zero-order chi connectivity index (χ0) is 22.8. The fourth-order valence-corrected chi connectivity index (χ4v) is 4.93. The molecule has 9 heteroatoms. The second kappa shape index (κ2) is 9.11. The molecule has 170 valence electrons. The van der Waals surface area contributed by atoms with Crippen molar-refractivity contribution in [2.75, 3.05) is 37.5 Å². The molecule has 0 spiro atoms. The van der Waals surface area contributed by atoms with Crippen LogP contribution in [0.2, 0.25) is 0 Å². The lowest BCUT2D eigenvalue weighted by Gasteiger charge is -2.30. The van der Waals surface area contributed by atoms with Gasteiger partial charge in [0, 0.05) is 36.3 Å². The second-order valence-corrected chi connectivity index (χ2v) is 8.88. The number of amides is 1. The Bertz CT molecular complexity index is 1230. The Morgan fingerprint density at radius 1 is 1.06 bits per heavy atom. The highest BCUT2D eigenvalue weighted by Gasteiger charge is 2.27. The molecule has 1 amide bonds. The number of ether oxygens (including phenoxy) is 2. The van der Waals surface area contributed by atoms with Crippen molar-refractivity contribution in [3.05, 3.63) is 54.7 Å². The van der Waals surface area contributed by atoms with E-state index in [9.17, 15) is 4.79 Å². The van der Waals surface area contributed by atoms with Gasteiger partial charge in [-0.2, -0.15) is 0 Å². The molecule has 8 nitrogen and oxygen atoms in total. The second-order valence-electron chi connectivity index (χ2n) is 7.95. The van der Waals surface area contributed by atoms with E-state index in [0.29, 0.717) is 0 Å². The molecule has 1 N–H and O–H groups in total. The van der Waals surface area contributed by atoms with Crippen molar-refractivity contribution in [3.8, 4) is 22.8 Å². The van der Waals surface area contributed by atoms with E-state index in [4.69, 9.17) is 19.6 Å². The number of piperidine rings is 1. The van der Waals surface area contributed by atoms with Gasteiger partial charge in [-0.15, -0.1) is 5.10 Å². The molecule has 1 saturated heterocycles. The lowest BCUT2D eigenvalue weighted by molar-refractivity contribution is -0.120. The molecule has 33 heavy (non-hydrogen) atoms. The molecule has 0 saturated carbocycles. The first-order chi connectivity index (χ1) is 16.1. The lowest BCUT2D eigenvalue weighted by Crippen LogP contribution is -2.38. The summed E-state index contributed by atoms with van der Waals surface area (Å²) >= 11 is 1.57. The number of imidazole rings is 1. The van der Waals surface area contributed by atoms with E-state index < -0.39 is 0 Å². The highest BCUT2D eigenvalue weighted by molar-refractivity contribution is 7.20. The van der Waals surface area contributed by atoms with E-state index in [0.717, 1.165) is 64.5 Å². The Morgan fingerprint density at radius 2 is 1.82 bits per heavy atom. The molecular formula is C24H25N5O3S. The molecule has 0 radical (unpaired) electrons. The van der Waals surface area contributed by atoms with Gasteiger partial charge in [0.1, 0.15) is 11.5 Å². The van der Waals surface area contributed by atoms with Gasteiger partial charge >= 0.3 is 0 Å². The summed E-state index contributed by atoms with van der Waals surface area (Å²) in [6, 6.07) is 15.3. The van der Waals surface area contributed by atoms with Gasteiger partial charge in [-0.3, -0.25) is 4.79 Å². The molecule has 1 aliphatic rings. The number of aromatic nitrogens is 3. The minimum atomic E-state index is -0.0156. The largest absolute Gasteiger partial charge is 0.497 e. The van der Waals surface area contributed by atoms with Crippen LogP contribution in [0.5, 0.6) is 11.5 Å². The van der Waals surface area contributed by atoms with Crippen molar-refractivity contribution in [2.24, 2.45) is 5.92 Å². The Hall–Kier alpha value is -3.59. The summed E-state index contributed by atoms with van der Waals surface area (Å²) in [6.45, 7) is 1.58. The lowest BCUT2D eigenvalue weighted by atomic mass is 9.96. The van der Waals surface area contributed by atoms with Crippen LogP contribution in [-0.2, 0) is 4.79 Å². The SMILES string of the molecule is COc1ccc(-c2cn3nc(N4CCC(C(=O)Nc5cccc(OC)c5)CC4)sc3n2)cc1. The quantitative estimate of drug-likeness (QED) is 0.458. The average molecular weight is 464 g/mol. The van der Waals surface area contributed by atoms with E-state index in [1.807, 2.05) is 59.2 Å². The molecule has 2 aromatic heterocycles. The number of hydrogen-bond donors (Lipinski definition) is 1. The number of hydrogen-bond acceptors (Lipinski definition) is 7. The first-order valence-corrected chi connectivity index (χ1v) is 11.6. The highest BCUT2D eigenvalue weighted by atomic mass is 32.1. The maximum Gasteiger partial charge on any atom is 0.227 e. The molecule has 0 bridgehead atoms. The first-order valence-electron chi connectivity index (χ1n) is 10.8. The predicted molar refractivity (Wildman–Crippen MR) is 129 cm³/mol. The van der Waals surface area contributed by atoms with Gasteiger partial charge in [-0.05, 0) is 49.2 Å². The zero-order valence-corrected chi connectivity index (χ0v) is 19.3. The summed E-state index contributed by atoms with van der Waals surface area (Å²) in [7, 11) is 3.27. The van der Waals surface area contributed by atoms with Crippen LogP contribution in [0, 0.1) is 5.92 Å². The standard InChI is InChI=1S/C24H25N5O3S/c1-31-19-8-6-16(7-9-19)21-15-29-23(26-21)33-24(27-29)28-12-10-17(11-13-28)22(30)25-18-4-3-5-20(14-18)32-2/h3-9,14-15,17H,10-13H2,1-2H3,(H,25,30).